The Bertz CT molecular complexity index is 377. The Morgan fingerprint density at radius 1 is 1.17 bits per heavy atom. The molecule has 2 amide bonds. The maximum absolute atomic E-state index is 12.4. The van der Waals surface area contributed by atoms with Crippen LogP contribution < -0.4 is 11.1 Å². The van der Waals surface area contributed by atoms with Gasteiger partial charge in [-0.3, -0.25) is 14.5 Å². The number of carbonyl (C=O) groups excluding carboxylic acids is 2. The third-order valence-corrected chi connectivity index (χ3v) is 4.40. The summed E-state index contributed by atoms with van der Waals surface area (Å²) in [6.45, 7) is 5.78. The van der Waals surface area contributed by atoms with E-state index in [9.17, 15) is 9.59 Å². The van der Waals surface area contributed by atoms with Gasteiger partial charge in [-0.1, -0.05) is 6.42 Å². The molecule has 0 aromatic heterocycles. The Labute approximate surface area is 151 Å². The first kappa shape index (κ1) is 21.2. The van der Waals surface area contributed by atoms with Crippen molar-refractivity contribution in [2.75, 3.05) is 71.7 Å². The number of amides is 2. The molecule has 24 heavy (non-hydrogen) atoms. The number of thiol groups is 1. The summed E-state index contributed by atoms with van der Waals surface area (Å²) >= 11 is 4.05. The monoisotopic (exact) mass is 359 g/mol. The molecule has 1 heterocycles. The molecule has 0 saturated carbocycles. The summed E-state index contributed by atoms with van der Waals surface area (Å²) in [5.74, 6) is 0.361. The number of rotatable bonds is 11. The Morgan fingerprint density at radius 3 is 2.50 bits per heavy atom. The standard InChI is InChI=1S/C16H33N5O2S/c1-19(10-11-20-7-3-2-4-8-20)14-16(23)21(9-5-17)13-15(22)18-6-12-24/h24H,2-14,17H2,1H3,(H,18,22). The smallest absolute Gasteiger partial charge is 0.239 e. The lowest BCUT2D eigenvalue weighted by Gasteiger charge is -2.29. The summed E-state index contributed by atoms with van der Waals surface area (Å²) in [4.78, 5) is 30.2. The molecule has 0 radical (unpaired) electrons. The van der Waals surface area contributed by atoms with Gasteiger partial charge < -0.3 is 20.9 Å². The van der Waals surface area contributed by atoms with E-state index in [1.54, 1.807) is 0 Å². The topological polar surface area (TPSA) is 81.9 Å². The molecule has 0 aliphatic carbocycles. The number of hydrogen-bond donors (Lipinski definition) is 3. The lowest BCUT2D eigenvalue weighted by atomic mass is 10.1. The zero-order valence-electron chi connectivity index (χ0n) is 14.9. The van der Waals surface area contributed by atoms with Crippen LogP contribution in [0.2, 0.25) is 0 Å². The van der Waals surface area contributed by atoms with Gasteiger partial charge in [-0.15, -0.1) is 0 Å². The van der Waals surface area contributed by atoms with Gasteiger partial charge in [0.2, 0.25) is 11.8 Å². The minimum absolute atomic E-state index is 0.0531. The average Bonchev–Trinajstić information content (AvgIpc) is 2.58. The number of nitrogens with zero attached hydrogens (tertiary/aromatic N) is 3. The van der Waals surface area contributed by atoms with Crippen molar-refractivity contribution in [2.24, 2.45) is 5.73 Å². The molecule has 0 bridgehead atoms. The molecule has 0 aromatic carbocycles. The molecule has 0 atom stereocenters. The van der Waals surface area contributed by atoms with Crippen molar-refractivity contribution < 1.29 is 9.59 Å². The summed E-state index contributed by atoms with van der Waals surface area (Å²) in [5, 5.41) is 2.73. The van der Waals surface area contributed by atoms with Gasteiger partial charge in [-0.05, 0) is 33.0 Å². The third kappa shape index (κ3) is 8.86. The zero-order valence-corrected chi connectivity index (χ0v) is 15.8. The van der Waals surface area contributed by atoms with E-state index >= 15 is 0 Å². The summed E-state index contributed by atoms with van der Waals surface area (Å²) in [6.07, 6.45) is 3.87. The lowest BCUT2D eigenvalue weighted by Crippen LogP contribution is -2.47. The van der Waals surface area contributed by atoms with Crippen LogP contribution in [0.1, 0.15) is 19.3 Å². The molecule has 1 rings (SSSR count). The first-order valence-electron chi connectivity index (χ1n) is 8.83. The van der Waals surface area contributed by atoms with E-state index < -0.39 is 0 Å². The Balaban J connectivity index is 2.34. The van der Waals surface area contributed by atoms with Crippen LogP contribution in [0.3, 0.4) is 0 Å². The molecule has 140 valence electrons. The number of nitrogens with two attached hydrogens (primary N) is 1. The van der Waals surface area contributed by atoms with E-state index in [0.717, 1.165) is 26.2 Å². The van der Waals surface area contributed by atoms with E-state index in [-0.39, 0.29) is 18.4 Å². The van der Waals surface area contributed by atoms with Gasteiger partial charge in [0.05, 0.1) is 13.1 Å². The maximum atomic E-state index is 12.4. The van der Waals surface area contributed by atoms with Crippen LogP contribution in [0.15, 0.2) is 0 Å². The molecular formula is C16H33N5O2S. The summed E-state index contributed by atoms with van der Waals surface area (Å²) in [7, 11) is 1.95. The quantitative estimate of drug-likeness (QED) is 0.423. The van der Waals surface area contributed by atoms with Crippen molar-refractivity contribution >= 4 is 24.4 Å². The van der Waals surface area contributed by atoms with Gasteiger partial charge in [0.15, 0.2) is 0 Å². The number of piperidine rings is 1. The van der Waals surface area contributed by atoms with Crippen molar-refractivity contribution in [2.45, 2.75) is 19.3 Å². The second-order valence-corrected chi connectivity index (χ2v) is 6.76. The molecule has 1 aliphatic rings. The first-order valence-corrected chi connectivity index (χ1v) is 9.46. The number of likely N-dealkylation sites (N-methyl/N-ethyl adjacent to an activating group) is 1. The summed E-state index contributed by atoms with van der Waals surface area (Å²) in [5.41, 5.74) is 5.57. The van der Waals surface area contributed by atoms with Gasteiger partial charge >= 0.3 is 0 Å². The SMILES string of the molecule is CN(CCN1CCCCC1)CC(=O)N(CCN)CC(=O)NCCS. The largest absolute Gasteiger partial charge is 0.354 e. The number of carbonyl (C=O) groups is 2. The van der Waals surface area contributed by atoms with E-state index in [1.807, 2.05) is 11.9 Å². The van der Waals surface area contributed by atoms with E-state index in [2.05, 4.69) is 22.8 Å². The highest BCUT2D eigenvalue weighted by molar-refractivity contribution is 7.80. The Hall–Kier alpha value is -0.830. The molecule has 0 unspecified atom stereocenters. The summed E-state index contributed by atoms with van der Waals surface area (Å²) < 4.78 is 0. The fourth-order valence-corrected chi connectivity index (χ4v) is 2.89. The fraction of sp³-hybridized carbons (Fsp3) is 0.875. The van der Waals surface area contributed by atoms with Crippen LogP contribution in [0.4, 0.5) is 0 Å². The van der Waals surface area contributed by atoms with Crippen LogP contribution >= 0.6 is 12.6 Å². The fourth-order valence-electron chi connectivity index (χ4n) is 2.78. The van der Waals surface area contributed by atoms with E-state index in [1.165, 1.54) is 24.2 Å². The normalized spacial score (nSPS) is 15.5. The molecule has 0 aromatic rings. The summed E-state index contributed by atoms with van der Waals surface area (Å²) in [6, 6.07) is 0. The zero-order chi connectivity index (χ0) is 17.8. The van der Waals surface area contributed by atoms with Gasteiger partial charge in [0.25, 0.3) is 0 Å². The molecule has 0 spiro atoms. The van der Waals surface area contributed by atoms with Crippen molar-refractivity contribution in [1.82, 2.24) is 20.0 Å². The van der Waals surface area contributed by atoms with E-state index in [4.69, 9.17) is 5.73 Å². The van der Waals surface area contributed by atoms with Gasteiger partial charge in [-0.2, -0.15) is 12.6 Å². The average molecular weight is 360 g/mol. The number of likely N-dealkylation sites (tertiary alicyclic amines) is 1. The number of hydrogen-bond acceptors (Lipinski definition) is 6. The van der Waals surface area contributed by atoms with Crippen LogP contribution in [-0.4, -0.2) is 98.2 Å². The highest BCUT2D eigenvalue weighted by Gasteiger charge is 2.18. The second-order valence-electron chi connectivity index (χ2n) is 6.32. The lowest BCUT2D eigenvalue weighted by molar-refractivity contribution is -0.136. The molecule has 1 saturated heterocycles. The maximum Gasteiger partial charge on any atom is 0.239 e. The van der Waals surface area contributed by atoms with Crippen LogP contribution in [0, 0.1) is 0 Å². The number of nitrogens with one attached hydrogen (secondary N) is 1. The second kappa shape index (κ2) is 12.5. The molecule has 1 fully saturated rings. The van der Waals surface area contributed by atoms with Crippen molar-refractivity contribution in [3.05, 3.63) is 0 Å². The third-order valence-electron chi connectivity index (χ3n) is 4.17. The minimum Gasteiger partial charge on any atom is -0.354 e. The molecule has 1 aliphatic heterocycles. The van der Waals surface area contributed by atoms with Crippen LogP contribution in [-0.2, 0) is 9.59 Å². The van der Waals surface area contributed by atoms with Crippen molar-refractivity contribution in [3.8, 4) is 0 Å². The molecule has 3 N–H and O–H groups in total. The van der Waals surface area contributed by atoms with Gasteiger partial charge in [0, 0.05) is 38.5 Å². The van der Waals surface area contributed by atoms with Gasteiger partial charge in [-0.25, -0.2) is 0 Å². The first-order chi connectivity index (χ1) is 11.6. The predicted octanol–water partition coefficient (Wildman–Crippen LogP) is -0.763. The van der Waals surface area contributed by atoms with E-state index in [0.29, 0.717) is 31.9 Å². The Kier molecular flexibility index (Phi) is 11.1. The van der Waals surface area contributed by atoms with Crippen molar-refractivity contribution in [1.29, 1.82) is 0 Å². The van der Waals surface area contributed by atoms with Crippen LogP contribution in [0.5, 0.6) is 0 Å². The minimum atomic E-state index is -0.165. The van der Waals surface area contributed by atoms with Crippen LogP contribution in [0.25, 0.3) is 0 Å². The highest BCUT2D eigenvalue weighted by atomic mass is 32.1. The van der Waals surface area contributed by atoms with Gasteiger partial charge in [0.1, 0.15) is 0 Å². The molecule has 8 heteroatoms. The Morgan fingerprint density at radius 2 is 1.88 bits per heavy atom. The molecule has 7 nitrogen and oxygen atoms in total. The highest BCUT2D eigenvalue weighted by Crippen LogP contribution is 2.07. The molecular weight excluding hydrogens is 326 g/mol. The predicted molar refractivity (Wildman–Crippen MR) is 100 cm³/mol. The van der Waals surface area contributed by atoms with Crippen molar-refractivity contribution in [3.63, 3.8) is 0 Å².